The molecule has 2 aliphatic rings. The van der Waals surface area contributed by atoms with E-state index in [0.717, 1.165) is 40.5 Å². The predicted molar refractivity (Wildman–Crippen MR) is 110 cm³/mol. The molecule has 0 amide bonds. The maximum Gasteiger partial charge on any atom is 0.231 e. The highest BCUT2D eigenvalue weighted by atomic mass is 32.1. The number of rotatable bonds is 6. The SMILES string of the molecule is CCOc1cc2c(cc1CNC(=S)NCc1ccc3c(c1)OCO3)O[C@@H](C)C2. The molecule has 2 aromatic carbocycles. The van der Waals surface area contributed by atoms with Crippen LogP contribution in [0.15, 0.2) is 30.3 Å². The van der Waals surface area contributed by atoms with Gasteiger partial charge < -0.3 is 29.6 Å². The molecule has 4 rings (SSSR count). The van der Waals surface area contributed by atoms with E-state index in [0.29, 0.717) is 24.8 Å². The molecule has 2 aromatic rings. The highest BCUT2D eigenvalue weighted by molar-refractivity contribution is 7.80. The molecule has 0 spiro atoms. The topological polar surface area (TPSA) is 61.0 Å². The maximum atomic E-state index is 5.88. The first kappa shape index (κ1) is 18.7. The first-order valence-corrected chi connectivity index (χ1v) is 9.88. The van der Waals surface area contributed by atoms with Crippen LogP contribution in [-0.4, -0.2) is 24.6 Å². The van der Waals surface area contributed by atoms with Gasteiger partial charge in [-0.05, 0) is 55.9 Å². The van der Waals surface area contributed by atoms with Crippen molar-refractivity contribution in [1.29, 1.82) is 0 Å². The maximum absolute atomic E-state index is 5.88. The number of ether oxygens (including phenoxy) is 4. The lowest BCUT2D eigenvalue weighted by Gasteiger charge is -2.15. The van der Waals surface area contributed by atoms with Crippen LogP contribution in [0.25, 0.3) is 0 Å². The van der Waals surface area contributed by atoms with E-state index in [-0.39, 0.29) is 12.9 Å². The van der Waals surface area contributed by atoms with Gasteiger partial charge >= 0.3 is 0 Å². The summed E-state index contributed by atoms with van der Waals surface area (Å²) in [5.74, 6) is 3.37. The van der Waals surface area contributed by atoms with E-state index in [4.69, 9.17) is 31.2 Å². The zero-order chi connectivity index (χ0) is 19.5. The number of nitrogens with one attached hydrogen (secondary N) is 2. The number of hydrogen-bond donors (Lipinski definition) is 2. The molecule has 7 heteroatoms. The summed E-state index contributed by atoms with van der Waals surface area (Å²) < 4.78 is 22.4. The quantitative estimate of drug-likeness (QED) is 0.722. The Kier molecular flexibility index (Phi) is 5.43. The van der Waals surface area contributed by atoms with Gasteiger partial charge in [0.25, 0.3) is 0 Å². The van der Waals surface area contributed by atoms with Crippen LogP contribution < -0.4 is 29.6 Å². The van der Waals surface area contributed by atoms with Gasteiger partial charge in [0.1, 0.15) is 17.6 Å². The fourth-order valence-corrected chi connectivity index (χ4v) is 3.53. The van der Waals surface area contributed by atoms with Crippen molar-refractivity contribution in [2.24, 2.45) is 0 Å². The molecule has 6 nitrogen and oxygen atoms in total. The highest BCUT2D eigenvalue weighted by Gasteiger charge is 2.22. The number of fused-ring (bicyclic) bond motifs is 2. The van der Waals surface area contributed by atoms with Crippen LogP contribution in [0.2, 0.25) is 0 Å². The van der Waals surface area contributed by atoms with Gasteiger partial charge in [-0.1, -0.05) is 6.07 Å². The second-order valence-electron chi connectivity index (χ2n) is 6.86. The summed E-state index contributed by atoms with van der Waals surface area (Å²) >= 11 is 5.43. The molecular formula is C21H24N2O4S. The van der Waals surface area contributed by atoms with Crippen molar-refractivity contribution in [3.05, 3.63) is 47.0 Å². The zero-order valence-electron chi connectivity index (χ0n) is 16.0. The van der Waals surface area contributed by atoms with E-state index < -0.39 is 0 Å². The minimum absolute atomic E-state index is 0.206. The smallest absolute Gasteiger partial charge is 0.231 e. The van der Waals surface area contributed by atoms with E-state index in [1.807, 2.05) is 25.1 Å². The minimum atomic E-state index is 0.206. The Labute approximate surface area is 170 Å². The number of thiocarbonyl (C=S) groups is 1. The average Bonchev–Trinajstić information content (AvgIpc) is 3.29. The van der Waals surface area contributed by atoms with Crippen molar-refractivity contribution < 1.29 is 18.9 Å². The Bertz CT molecular complexity index is 887. The molecular weight excluding hydrogens is 376 g/mol. The molecule has 0 bridgehead atoms. The number of hydrogen-bond acceptors (Lipinski definition) is 5. The van der Waals surface area contributed by atoms with E-state index in [9.17, 15) is 0 Å². The molecule has 0 fully saturated rings. The largest absolute Gasteiger partial charge is 0.494 e. The first-order chi connectivity index (χ1) is 13.6. The predicted octanol–water partition coefficient (Wildman–Crippen LogP) is 3.30. The van der Waals surface area contributed by atoms with E-state index in [1.165, 1.54) is 5.56 Å². The first-order valence-electron chi connectivity index (χ1n) is 9.48. The molecule has 0 aromatic heterocycles. The molecule has 0 saturated carbocycles. The van der Waals surface area contributed by atoms with Crippen LogP contribution in [-0.2, 0) is 19.5 Å². The molecule has 0 unspecified atom stereocenters. The van der Waals surface area contributed by atoms with Crippen molar-refractivity contribution in [1.82, 2.24) is 10.6 Å². The summed E-state index contributed by atoms with van der Waals surface area (Å²) in [4.78, 5) is 0. The Morgan fingerprint density at radius 2 is 1.93 bits per heavy atom. The second kappa shape index (κ2) is 8.14. The van der Waals surface area contributed by atoms with Crippen LogP contribution in [0.3, 0.4) is 0 Å². The normalized spacial score (nSPS) is 16.3. The van der Waals surface area contributed by atoms with Gasteiger partial charge in [-0.25, -0.2) is 0 Å². The molecule has 2 aliphatic heterocycles. The lowest BCUT2D eigenvalue weighted by Crippen LogP contribution is -2.34. The Morgan fingerprint density at radius 3 is 2.79 bits per heavy atom. The molecule has 1 atom stereocenters. The lowest BCUT2D eigenvalue weighted by molar-refractivity contribution is 0.174. The molecule has 28 heavy (non-hydrogen) atoms. The summed E-state index contributed by atoms with van der Waals surface area (Å²) in [6, 6.07) is 10.0. The van der Waals surface area contributed by atoms with Crippen molar-refractivity contribution in [2.75, 3.05) is 13.4 Å². The van der Waals surface area contributed by atoms with Gasteiger partial charge in [0.05, 0.1) is 6.61 Å². The van der Waals surface area contributed by atoms with Crippen LogP contribution in [0, 0.1) is 0 Å². The van der Waals surface area contributed by atoms with Gasteiger partial charge in [-0.15, -0.1) is 0 Å². The van der Waals surface area contributed by atoms with Gasteiger partial charge in [0, 0.05) is 30.6 Å². The van der Waals surface area contributed by atoms with E-state index in [1.54, 1.807) is 0 Å². The van der Waals surface area contributed by atoms with Crippen LogP contribution in [0.5, 0.6) is 23.0 Å². The van der Waals surface area contributed by atoms with Gasteiger partial charge in [0.2, 0.25) is 6.79 Å². The highest BCUT2D eigenvalue weighted by Crippen LogP contribution is 2.35. The molecule has 0 saturated heterocycles. The Hall–Kier alpha value is -2.67. The van der Waals surface area contributed by atoms with Gasteiger partial charge in [-0.2, -0.15) is 0 Å². The number of benzene rings is 2. The van der Waals surface area contributed by atoms with Crippen LogP contribution in [0.4, 0.5) is 0 Å². The standard InChI is InChI=1S/C21H24N2O4S/c1-3-24-18-8-15-6-13(2)27-19(15)9-16(18)11-23-21(28)22-10-14-4-5-17-20(7-14)26-12-25-17/h4-5,7-9,13H,3,6,10-12H2,1-2H3,(H2,22,23,28)/t13-/m0/s1. The fourth-order valence-electron chi connectivity index (χ4n) is 3.38. The molecule has 0 aliphatic carbocycles. The summed E-state index contributed by atoms with van der Waals surface area (Å²) in [5, 5.41) is 7.05. The summed E-state index contributed by atoms with van der Waals surface area (Å²) in [6.07, 6.45) is 1.12. The lowest BCUT2D eigenvalue weighted by atomic mass is 10.1. The van der Waals surface area contributed by atoms with Crippen molar-refractivity contribution in [3.8, 4) is 23.0 Å². The molecule has 2 N–H and O–H groups in total. The average molecular weight is 401 g/mol. The third-order valence-corrected chi connectivity index (χ3v) is 5.00. The fraction of sp³-hybridized carbons (Fsp3) is 0.381. The van der Waals surface area contributed by atoms with Crippen LogP contribution >= 0.6 is 12.2 Å². The van der Waals surface area contributed by atoms with Crippen LogP contribution in [0.1, 0.15) is 30.5 Å². The zero-order valence-corrected chi connectivity index (χ0v) is 16.9. The minimum Gasteiger partial charge on any atom is -0.494 e. The molecule has 2 heterocycles. The van der Waals surface area contributed by atoms with Gasteiger partial charge in [-0.3, -0.25) is 0 Å². The van der Waals surface area contributed by atoms with Crippen molar-refractivity contribution in [3.63, 3.8) is 0 Å². The monoisotopic (exact) mass is 400 g/mol. The third kappa shape index (κ3) is 4.09. The summed E-state index contributed by atoms with van der Waals surface area (Å²) in [5.41, 5.74) is 3.30. The Morgan fingerprint density at radius 1 is 1.11 bits per heavy atom. The van der Waals surface area contributed by atoms with Gasteiger partial charge in [0.15, 0.2) is 16.6 Å². The van der Waals surface area contributed by atoms with E-state index in [2.05, 4.69) is 29.7 Å². The van der Waals surface area contributed by atoms with E-state index >= 15 is 0 Å². The molecule has 148 valence electrons. The summed E-state index contributed by atoms with van der Waals surface area (Å²) in [7, 11) is 0. The summed E-state index contributed by atoms with van der Waals surface area (Å²) in [6.45, 7) is 6.13. The third-order valence-electron chi connectivity index (χ3n) is 4.71. The van der Waals surface area contributed by atoms with Crippen molar-refractivity contribution in [2.45, 2.75) is 39.5 Å². The second-order valence-corrected chi connectivity index (χ2v) is 7.27. The molecule has 0 radical (unpaired) electrons. The van der Waals surface area contributed by atoms with Crippen molar-refractivity contribution >= 4 is 17.3 Å². The Balaban J connectivity index is 1.35.